The number of carbonyl (C=O) groups is 1. The Bertz CT molecular complexity index is 499. The van der Waals surface area contributed by atoms with Crippen LogP contribution in [0, 0.1) is 5.92 Å². The van der Waals surface area contributed by atoms with E-state index in [1.807, 2.05) is 0 Å². The number of hydrogen-bond acceptors (Lipinski definition) is 3. The number of esters is 1. The third-order valence-corrected chi connectivity index (χ3v) is 4.99. The quantitative estimate of drug-likeness (QED) is 0.786. The Kier molecular flexibility index (Phi) is 3.09. The van der Waals surface area contributed by atoms with Crippen LogP contribution in [0.15, 0.2) is 24.3 Å². The van der Waals surface area contributed by atoms with Crippen LogP contribution in [0.4, 0.5) is 0 Å². The van der Waals surface area contributed by atoms with Gasteiger partial charge in [0.25, 0.3) is 0 Å². The van der Waals surface area contributed by atoms with E-state index in [0.717, 1.165) is 25.9 Å². The summed E-state index contributed by atoms with van der Waals surface area (Å²) in [7, 11) is 1.49. The molecule has 1 aromatic carbocycles. The molecule has 0 aromatic heterocycles. The van der Waals surface area contributed by atoms with Gasteiger partial charge in [-0.25, -0.2) is 0 Å². The first-order valence-corrected chi connectivity index (χ1v) is 7.07. The largest absolute Gasteiger partial charge is 0.469 e. The van der Waals surface area contributed by atoms with Crippen LogP contribution in [-0.4, -0.2) is 26.2 Å². The molecule has 0 amide bonds. The van der Waals surface area contributed by atoms with Gasteiger partial charge in [0.05, 0.1) is 13.0 Å². The average Bonchev–Trinajstić information content (AvgIpc) is 2.87. The standard InChI is InChI=1S/C16H21NO2/c1-11-7-8-16(13-6-4-3-5-12(11)13)10-17-9-14(16)15(18)19-2/h3-6,11,14,17H,7-10H2,1-2H3. The van der Waals surface area contributed by atoms with Crippen molar-refractivity contribution < 1.29 is 9.53 Å². The van der Waals surface area contributed by atoms with E-state index in [2.05, 4.69) is 36.5 Å². The van der Waals surface area contributed by atoms with E-state index in [9.17, 15) is 4.79 Å². The average molecular weight is 259 g/mol. The Morgan fingerprint density at radius 1 is 1.42 bits per heavy atom. The molecule has 3 atom stereocenters. The number of benzene rings is 1. The maximum Gasteiger partial charge on any atom is 0.310 e. The molecule has 0 bridgehead atoms. The van der Waals surface area contributed by atoms with Crippen molar-refractivity contribution in [2.75, 3.05) is 20.2 Å². The molecule has 3 nitrogen and oxygen atoms in total. The Morgan fingerprint density at radius 2 is 2.21 bits per heavy atom. The van der Waals surface area contributed by atoms with Crippen molar-refractivity contribution in [2.45, 2.75) is 31.1 Å². The van der Waals surface area contributed by atoms with Crippen molar-refractivity contribution in [3.05, 3.63) is 35.4 Å². The second-order valence-corrected chi connectivity index (χ2v) is 5.89. The fourth-order valence-corrected chi connectivity index (χ4v) is 3.90. The molecule has 1 aliphatic carbocycles. The minimum absolute atomic E-state index is 0.0499. The van der Waals surface area contributed by atoms with Crippen LogP contribution in [0.2, 0.25) is 0 Å². The molecular weight excluding hydrogens is 238 g/mol. The van der Waals surface area contributed by atoms with Crippen LogP contribution >= 0.6 is 0 Å². The van der Waals surface area contributed by atoms with Gasteiger partial charge < -0.3 is 10.1 Å². The van der Waals surface area contributed by atoms with Crippen LogP contribution in [0.1, 0.15) is 36.8 Å². The van der Waals surface area contributed by atoms with Crippen molar-refractivity contribution in [2.24, 2.45) is 5.92 Å². The first-order chi connectivity index (χ1) is 9.19. The van der Waals surface area contributed by atoms with Gasteiger partial charge in [-0.1, -0.05) is 31.2 Å². The zero-order valence-electron chi connectivity index (χ0n) is 11.6. The summed E-state index contributed by atoms with van der Waals surface area (Å²) in [5, 5.41) is 3.40. The number of methoxy groups -OCH3 is 1. The highest BCUT2D eigenvalue weighted by atomic mass is 16.5. The smallest absolute Gasteiger partial charge is 0.310 e. The van der Waals surface area contributed by atoms with E-state index in [1.165, 1.54) is 18.2 Å². The lowest BCUT2D eigenvalue weighted by Gasteiger charge is -2.41. The van der Waals surface area contributed by atoms with Gasteiger partial charge in [0.15, 0.2) is 0 Å². The Balaban J connectivity index is 2.10. The highest BCUT2D eigenvalue weighted by Gasteiger charge is 2.51. The van der Waals surface area contributed by atoms with E-state index < -0.39 is 0 Å². The molecule has 102 valence electrons. The fraction of sp³-hybridized carbons (Fsp3) is 0.562. The SMILES string of the molecule is COC(=O)C1CNCC12CCC(C)c1ccccc12. The highest BCUT2D eigenvalue weighted by molar-refractivity contribution is 5.76. The Labute approximate surface area is 114 Å². The minimum atomic E-state index is -0.0747. The highest BCUT2D eigenvalue weighted by Crippen LogP contribution is 2.48. The molecule has 0 radical (unpaired) electrons. The number of fused-ring (bicyclic) bond motifs is 2. The molecule has 1 spiro atoms. The maximum atomic E-state index is 12.1. The molecule has 1 aliphatic heterocycles. The zero-order valence-corrected chi connectivity index (χ0v) is 11.6. The van der Waals surface area contributed by atoms with Gasteiger partial charge in [0.2, 0.25) is 0 Å². The first kappa shape index (κ1) is 12.7. The van der Waals surface area contributed by atoms with E-state index in [4.69, 9.17) is 4.74 Å². The van der Waals surface area contributed by atoms with Crippen molar-refractivity contribution >= 4 is 5.97 Å². The molecule has 1 N–H and O–H groups in total. The van der Waals surface area contributed by atoms with Crippen LogP contribution in [-0.2, 0) is 14.9 Å². The lowest BCUT2D eigenvalue weighted by atomic mass is 9.62. The van der Waals surface area contributed by atoms with Gasteiger partial charge in [0.1, 0.15) is 0 Å². The molecule has 1 saturated heterocycles. The van der Waals surface area contributed by atoms with Crippen LogP contribution in [0.25, 0.3) is 0 Å². The van der Waals surface area contributed by atoms with Crippen molar-refractivity contribution in [3.63, 3.8) is 0 Å². The molecule has 1 fully saturated rings. The normalized spacial score (nSPS) is 33.2. The van der Waals surface area contributed by atoms with Crippen molar-refractivity contribution in [3.8, 4) is 0 Å². The molecule has 2 aliphatic rings. The second kappa shape index (κ2) is 4.64. The number of hydrogen-bond donors (Lipinski definition) is 1. The third kappa shape index (κ3) is 1.79. The first-order valence-electron chi connectivity index (χ1n) is 7.07. The van der Waals surface area contributed by atoms with Crippen LogP contribution in [0.3, 0.4) is 0 Å². The molecule has 1 heterocycles. The Morgan fingerprint density at radius 3 is 3.00 bits per heavy atom. The second-order valence-electron chi connectivity index (χ2n) is 5.89. The maximum absolute atomic E-state index is 12.1. The summed E-state index contributed by atoms with van der Waals surface area (Å²) in [6.07, 6.45) is 2.21. The van der Waals surface area contributed by atoms with Gasteiger partial charge in [-0.3, -0.25) is 4.79 Å². The van der Waals surface area contributed by atoms with Crippen LogP contribution < -0.4 is 5.32 Å². The molecule has 0 saturated carbocycles. The molecule has 3 rings (SSSR count). The number of ether oxygens (including phenoxy) is 1. The van der Waals surface area contributed by atoms with Gasteiger partial charge in [-0.05, 0) is 29.9 Å². The molecule has 3 unspecified atom stereocenters. The van der Waals surface area contributed by atoms with E-state index >= 15 is 0 Å². The van der Waals surface area contributed by atoms with E-state index in [0.29, 0.717) is 5.92 Å². The Hall–Kier alpha value is -1.35. The molecule has 19 heavy (non-hydrogen) atoms. The van der Waals surface area contributed by atoms with Gasteiger partial charge in [-0.15, -0.1) is 0 Å². The minimum Gasteiger partial charge on any atom is -0.469 e. The fourth-order valence-electron chi connectivity index (χ4n) is 3.90. The summed E-state index contributed by atoms with van der Waals surface area (Å²) in [5.74, 6) is 0.459. The topological polar surface area (TPSA) is 38.3 Å². The van der Waals surface area contributed by atoms with E-state index in [-0.39, 0.29) is 17.3 Å². The predicted molar refractivity (Wildman–Crippen MR) is 74.1 cm³/mol. The lowest BCUT2D eigenvalue weighted by molar-refractivity contribution is -0.147. The summed E-state index contributed by atoms with van der Waals surface area (Å²) in [6, 6.07) is 8.61. The van der Waals surface area contributed by atoms with Crippen LogP contribution in [0.5, 0.6) is 0 Å². The predicted octanol–water partition coefficient (Wildman–Crippen LogP) is 2.21. The monoisotopic (exact) mass is 259 g/mol. The van der Waals surface area contributed by atoms with E-state index in [1.54, 1.807) is 0 Å². The van der Waals surface area contributed by atoms with Gasteiger partial charge >= 0.3 is 5.97 Å². The van der Waals surface area contributed by atoms with Crippen molar-refractivity contribution in [1.82, 2.24) is 5.32 Å². The number of nitrogens with one attached hydrogen (secondary N) is 1. The number of rotatable bonds is 1. The summed E-state index contributed by atoms with van der Waals surface area (Å²) >= 11 is 0. The summed E-state index contributed by atoms with van der Waals surface area (Å²) in [4.78, 5) is 12.1. The third-order valence-electron chi connectivity index (χ3n) is 4.99. The summed E-state index contributed by atoms with van der Waals surface area (Å²) < 4.78 is 5.02. The molecule has 3 heteroatoms. The lowest BCUT2D eigenvalue weighted by Crippen LogP contribution is -2.43. The number of carbonyl (C=O) groups excluding carboxylic acids is 1. The zero-order chi connectivity index (χ0) is 13.5. The summed E-state index contributed by atoms with van der Waals surface area (Å²) in [5.41, 5.74) is 2.71. The summed E-state index contributed by atoms with van der Waals surface area (Å²) in [6.45, 7) is 3.90. The molecular formula is C16H21NO2. The molecule has 1 aromatic rings. The van der Waals surface area contributed by atoms with Crippen molar-refractivity contribution in [1.29, 1.82) is 0 Å². The van der Waals surface area contributed by atoms with Gasteiger partial charge in [-0.2, -0.15) is 0 Å². The van der Waals surface area contributed by atoms with Gasteiger partial charge in [0, 0.05) is 18.5 Å².